The molecule has 0 saturated heterocycles. The topological polar surface area (TPSA) is 70.4 Å². The van der Waals surface area contributed by atoms with Crippen LogP contribution in [-0.4, -0.2) is 34.3 Å². The van der Waals surface area contributed by atoms with Crippen LogP contribution in [0.25, 0.3) is 27.9 Å². The summed E-state index contributed by atoms with van der Waals surface area (Å²) in [4.78, 5) is 30.5. The maximum atomic E-state index is 13.6. The molecule has 1 aliphatic carbocycles. The number of ether oxygens (including phenoxy) is 2. The molecule has 6 nitrogen and oxygen atoms in total. The maximum absolute atomic E-state index is 13.6. The monoisotopic (exact) mass is 448 g/mol. The zero-order valence-electron chi connectivity index (χ0n) is 19.8. The largest absolute Gasteiger partial charge is 0.461 e. The van der Waals surface area contributed by atoms with Crippen molar-refractivity contribution in [3.63, 3.8) is 0 Å². The molecule has 33 heavy (non-hydrogen) atoms. The lowest BCUT2D eigenvalue weighted by Gasteiger charge is -2.36. The molecule has 3 aromatic rings. The molecule has 4 rings (SSSR count). The van der Waals surface area contributed by atoms with E-state index in [9.17, 15) is 9.59 Å². The standard InChI is InChI=1S/C27H32N2O4/c1-6-18-24-20-10-8-9-11-21(20)29(22(24)15-28-25(18)26(30)32-7-2)27(31)33-23-14-17(5)12-13-19(23)16(3)4/h6,8-11,15-17,19,23H,1,7,12-14H2,2-5H3/t17-,19+,23-/m1/s1. The highest BCUT2D eigenvalue weighted by molar-refractivity contribution is 6.17. The first kappa shape index (κ1) is 23.0. The molecule has 1 aromatic carbocycles. The zero-order valence-corrected chi connectivity index (χ0v) is 19.8. The van der Waals surface area contributed by atoms with Crippen molar-refractivity contribution in [2.24, 2.45) is 17.8 Å². The minimum absolute atomic E-state index is 0.122. The van der Waals surface area contributed by atoms with Gasteiger partial charge >= 0.3 is 12.1 Å². The quantitative estimate of drug-likeness (QED) is 0.419. The molecule has 174 valence electrons. The van der Waals surface area contributed by atoms with E-state index in [-0.39, 0.29) is 18.4 Å². The van der Waals surface area contributed by atoms with Gasteiger partial charge in [0.05, 0.1) is 23.8 Å². The number of fused-ring (bicyclic) bond motifs is 3. The van der Waals surface area contributed by atoms with E-state index in [0.717, 1.165) is 30.0 Å². The van der Waals surface area contributed by atoms with Crippen molar-refractivity contribution in [3.8, 4) is 0 Å². The van der Waals surface area contributed by atoms with Crippen LogP contribution < -0.4 is 0 Å². The number of nitrogens with zero attached hydrogens (tertiary/aromatic N) is 2. The first-order valence-electron chi connectivity index (χ1n) is 11.8. The van der Waals surface area contributed by atoms with Gasteiger partial charge in [-0.15, -0.1) is 0 Å². The number of hydrogen-bond donors (Lipinski definition) is 0. The first-order valence-corrected chi connectivity index (χ1v) is 11.8. The predicted molar refractivity (Wildman–Crippen MR) is 130 cm³/mol. The van der Waals surface area contributed by atoms with E-state index in [4.69, 9.17) is 9.47 Å². The van der Waals surface area contributed by atoms with E-state index in [1.54, 1.807) is 23.8 Å². The van der Waals surface area contributed by atoms with Crippen molar-refractivity contribution in [2.75, 3.05) is 6.61 Å². The fourth-order valence-corrected chi connectivity index (χ4v) is 5.17. The second-order valence-corrected chi connectivity index (χ2v) is 9.31. The molecule has 1 aliphatic rings. The lowest BCUT2D eigenvalue weighted by atomic mass is 9.75. The molecule has 0 spiro atoms. The van der Waals surface area contributed by atoms with Gasteiger partial charge in [-0.3, -0.25) is 0 Å². The summed E-state index contributed by atoms with van der Waals surface area (Å²) in [6.45, 7) is 12.5. The van der Waals surface area contributed by atoms with E-state index in [0.29, 0.717) is 34.4 Å². The number of esters is 1. The minimum atomic E-state index is -0.510. The summed E-state index contributed by atoms with van der Waals surface area (Å²) in [6.07, 6.45) is 5.72. The average Bonchev–Trinajstić information content (AvgIpc) is 3.13. The van der Waals surface area contributed by atoms with Crippen LogP contribution in [0.15, 0.2) is 37.0 Å². The predicted octanol–water partition coefficient (Wildman–Crippen LogP) is 6.45. The van der Waals surface area contributed by atoms with E-state index >= 15 is 0 Å². The molecule has 0 amide bonds. The number of aromatic nitrogens is 2. The molecule has 0 unspecified atom stereocenters. The highest BCUT2D eigenvalue weighted by atomic mass is 16.6. The second kappa shape index (κ2) is 9.38. The van der Waals surface area contributed by atoms with Gasteiger partial charge in [0.15, 0.2) is 5.69 Å². The van der Waals surface area contributed by atoms with Gasteiger partial charge in [0.1, 0.15) is 6.10 Å². The summed E-state index contributed by atoms with van der Waals surface area (Å²) < 4.78 is 12.9. The van der Waals surface area contributed by atoms with Crippen LogP contribution in [-0.2, 0) is 9.47 Å². The number of carbonyl (C=O) groups is 2. The molecule has 1 fully saturated rings. The Morgan fingerprint density at radius 1 is 1.24 bits per heavy atom. The van der Waals surface area contributed by atoms with Gasteiger partial charge in [0, 0.05) is 16.3 Å². The molecular weight excluding hydrogens is 416 g/mol. The third-order valence-corrected chi connectivity index (χ3v) is 6.82. The molecule has 1 saturated carbocycles. The van der Waals surface area contributed by atoms with Gasteiger partial charge in [0.25, 0.3) is 0 Å². The summed E-state index contributed by atoms with van der Waals surface area (Å²) in [6, 6.07) is 7.62. The molecule has 0 N–H and O–H groups in total. The van der Waals surface area contributed by atoms with Gasteiger partial charge in [-0.1, -0.05) is 58.0 Å². The molecule has 6 heteroatoms. The van der Waals surface area contributed by atoms with Crippen LogP contribution in [0.4, 0.5) is 4.79 Å². The number of carbonyl (C=O) groups excluding carboxylic acids is 2. The number of pyridine rings is 1. The smallest absolute Gasteiger partial charge is 0.419 e. The zero-order chi connectivity index (χ0) is 23.7. The SMILES string of the molecule is C=Cc1c(C(=O)OCC)ncc2c1c1ccccc1n2C(=O)O[C@@H]1C[C@H](C)CC[C@H]1C(C)C. The summed E-state index contributed by atoms with van der Waals surface area (Å²) in [7, 11) is 0. The molecule has 0 radical (unpaired) electrons. The normalized spacial score (nSPS) is 20.8. The van der Waals surface area contributed by atoms with E-state index in [1.807, 2.05) is 24.3 Å². The van der Waals surface area contributed by atoms with Gasteiger partial charge in [-0.2, -0.15) is 0 Å². The summed E-state index contributed by atoms with van der Waals surface area (Å²) >= 11 is 0. The lowest BCUT2D eigenvalue weighted by molar-refractivity contribution is 0.00758. The minimum Gasteiger partial charge on any atom is -0.461 e. The van der Waals surface area contributed by atoms with Crippen LogP contribution in [0.3, 0.4) is 0 Å². The third kappa shape index (κ3) is 4.14. The van der Waals surface area contributed by atoms with Crippen molar-refractivity contribution in [1.82, 2.24) is 9.55 Å². The van der Waals surface area contributed by atoms with E-state index < -0.39 is 12.1 Å². The highest BCUT2D eigenvalue weighted by Crippen LogP contribution is 2.37. The Bertz CT molecular complexity index is 1210. The molecule has 0 aliphatic heterocycles. The Kier molecular flexibility index (Phi) is 6.54. The van der Waals surface area contributed by atoms with Crippen LogP contribution in [0, 0.1) is 17.8 Å². The van der Waals surface area contributed by atoms with Gasteiger partial charge in [-0.05, 0) is 43.6 Å². The maximum Gasteiger partial charge on any atom is 0.419 e. The van der Waals surface area contributed by atoms with Crippen molar-refractivity contribution in [3.05, 3.63) is 48.3 Å². The summed E-state index contributed by atoms with van der Waals surface area (Å²) in [5, 5.41) is 1.58. The highest BCUT2D eigenvalue weighted by Gasteiger charge is 2.34. The summed E-state index contributed by atoms with van der Waals surface area (Å²) in [5.41, 5.74) is 2.05. The molecule has 3 atom stereocenters. The molecule has 2 heterocycles. The summed E-state index contributed by atoms with van der Waals surface area (Å²) in [5.74, 6) is 0.798. The van der Waals surface area contributed by atoms with Crippen LogP contribution >= 0.6 is 0 Å². The Hall–Kier alpha value is -3.15. The lowest BCUT2D eigenvalue weighted by Crippen LogP contribution is -2.36. The van der Waals surface area contributed by atoms with E-state index in [1.165, 1.54) is 0 Å². The second-order valence-electron chi connectivity index (χ2n) is 9.31. The van der Waals surface area contributed by atoms with Gasteiger partial charge < -0.3 is 9.47 Å². The Balaban J connectivity index is 1.84. The first-order chi connectivity index (χ1) is 15.9. The van der Waals surface area contributed by atoms with Crippen molar-refractivity contribution in [1.29, 1.82) is 0 Å². The van der Waals surface area contributed by atoms with Crippen LogP contribution in [0.1, 0.15) is 63.0 Å². The number of benzene rings is 1. The Morgan fingerprint density at radius 3 is 2.70 bits per heavy atom. The fourth-order valence-electron chi connectivity index (χ4n) is 5.17. The Labute approximate surface area is 194 Å². The van der Waals surface area contributed by atoms with Gasteiger partial charge in [-0.25, -0.2) is 19.1 Å². The van der Waals surface area contributed by atoms with Gasteiger partial charge in [0.2, 0.25) is 0 Å². The van der Waals surface area contributed by atoms with Crippen LogP contribution in [0.2, 0.25) is 0 Å². The van der Waals surface area contributed by atoms with Crippen molar-refractivity contribution >= 4 is 39.9 Å². The van der Waals surface area contributed by atoms with Crippen molar-refractivity contribution < 1.29 is 19.1 Å². The molecule has 0 bridgehead atoms. The third-order valence-electron chi connectivity index (χ3n) is 6.82. The number of rotatable bonds is 5. The molecular formula is C27H32N2O4. The Morgan fingerprint density at radius 2 is 2.00 bits per heavy atom. The van der Waals surface area contributed by atoms with Crippen molar-refractivity contribution in [2.45, 2.75) is 53.1 Å². The number of para-hydroxylation sites is 1. The fraction of sp³-hybridized carbons (Fsp3) is 0.444. The molecule has 2 aromatic heterocycles. The van der Waals surface area contributed by atoms with E-state index in [2.05, 4.69) is 32.3 Å². The number of hydrogen-bond acceptors (Lipinski definition) is 5. The van der Waals surface area contributed by atoms with Crippen LogP contribution in [0.5, 0.6) is 0 Å². The average molecular weight is 449 g/mol.